The van der Waals surface area contributed by atoms with Crippen molar-refractivity contribution in [3.05, 3.63) is 29.3 Å². The number of carbonyl (C=O) groups is 1. The maximum absolute atomic E-state index is 11.9. The number of benzene rings is 1. The molecule has 5 nitrogen and oxygen atoms in total. The molecule has 5 heteroatoms. The van der Waals surface area contributed by atoms with Gasteiger partial charge in [0.1, 0.15) is 5.75 Å². The second kappa shape index (κ2) is 7.68. The quantitative estimate of drug-likeness (QED) is 0.690. The molecule has 1 aliphatic carbocycles. The van der Waals surface area contributed by atoms with Gasteiger partial charge in [0.15, 0.2) is 0 Å². The molecule has 1 aromatic carbocycles. The summed E-state index contributed by atoms with van der Waals surface area (Å²) in [7, 11) is 0. The summed E-state index contributed by atoms with van der Waals surface area (Å²) < 4.78 is 5.94. The molecule has 0 aliphatic heterocycles. The van der Waals surface area contributed by atoms with E-state index in [1.54, 1.807) is 0 Å². The highest BCUT2D eigenvalue weighted by Crippen LogP contribution is 2.44. The molecule has 23 heavy (non-hydrogen) atoms. The molecule has 1 atom stereocenters. The summed E-state index contributed by atoms with van der Waals surface area (Å²) in [6, 6.07) is 5.80. The molecule has 0 heterocycles. The van der Waals surface area contributed by atoms with Gasteiger partial charge in [0, 0.05) is 24.1 Å². The largest absolute Gasteiger partial charge is 0.490 e. The number of ether oxygens (including phenoxy) is 1. The second-order valence-corrected chi connectivity index (χ2v) is 6.64. The SMILES string of the molecule is CCC(C)Oc1cc(C)ccc1CNC(=O)NCC1(CO)CC1. The first-order valence-corrected chi connectivity index (χ1v) is 8.37. The Hall–Kier alpha value is -1.75. The van der Waals surface area contributed by atoms with Gasteiger partial charge in [-0.05, 0) is 44.7 Å². The average Bonchev–Trinajstić information content (AvgIpc) is 3.32. The van der Waals surface area contributed by atoms with Gasteiger partial charge >= 0.3 is 6.03 Å². The minimum atomic E-state index is -0.209. The number of hydrogen-bond acceptors (Lipinski definition) is 3. The first-order chi connectivity index (χ1) is 11.0. The Labute approximate surface area is 138 Å². The number of urea groups is 1. The van der Waals surface area contributed by atoms with E-state index in [1.165, 1.54) is 0 Å². The maximum Gasteiger partial charge on any atom is 0.315 e. The van der Waals surface area contributed by atoms with E-state index >= 15 is 0 Å². The van der Waals surface area contributed by atoms with Gasteiger partial charge in [-0.1, -0.05) is 19.1 Å². The van der Waals surface area contributed by atoms with Gasteiger partial charge in [-0.2, -0.15) is 0 Å². The number of amides is 2. The minimum Gasteiger partial charge on any atom is -0.490 e. The Morgan fingerprint density at radius 2 is 2.13 bits per heavy atom. The van der Waals surface area contributed by atoms with E-state index in [9.17, 15) is 9.90 Å². The summed E-state index contributed by atoms with van der Waals surface area (Å²) >= 11 is 0. The fourth-order valence-corrected chi connectivity index (χ4v) is 2.29. The molecule has 0 radical (unpaired) electrons. The monoisotopic (exact) mass is 320 g/mol. The van der Waals surface area contributed by atoms with Crippen LogP contribution in [0, 0.1) is 12.3 Å². The van der Waals surface area contributed by atoms with E-state index in [4.69, 9.17) is 4.74 Å². The highest BCUT2D eigenvalue weighted by Gasteiger charge is 2.42. The van der Waals surface area contributed by atoms with Crippen LogP contribution in [0.5, 0.6) is 5.75 Å². The molecule has 1 saturated carbocycles. The van der Waals surface area contributed by atoms with E-state index in [0.29, 0.717) is 13.1 Å². The van der Waals surface area contributed by atoms with Gasteiger partial charge in [0.2, 0.25) is 0 Å². The van der Waals surface area contributed by atoms with Gasteiger partial charge in [0.05, 0.1) is 12.7 Å². The Morgan fingerprint density at radius 1 is 1.39 bits per heavy atom. The molecule has 0 aromatic heterocycles. The van der Waals surface area contributed by atoms with E-state index in [-0.39, 0.29) is 24.2 Å². The van der Waals surface area contributed by atoms with E-state index in [2.05, 4.69) is 17.6 Å². The molecule has 2 amide bonds. The third-order valence-electron chi connectivity index (χ3n) is 4.48. The standard InChI is InChI=1S/C18H28N2O3/c1-4-14(3)23-16-9-13(2)5-6-15(16)10-19-17(22)20-11-18(12-21)7-8-18/h5-6,9,14,21H,4,7-8,10-12H2,1-3H3,(H2,19,20,22). The molecule has 1 unspecified atom stereocenters. The van der Waals surface area contributed by atoms with Crippen LogP contribution in [0.2, 0.25) is 0 Å². The van der Waals surface area contributed by atoms with Gasteiger partial charge in [0.25, 0.3) is 0 Å². The van der Waals surface area contributed by atoms with Gasteiger partial charge < -0.3 is 20.5 Å². The number of carbonyl (C=O) groups excluding carboxylic acids is 1. The summed E-state index contributed by atoms with van der Waals surface area (Å²) in [5.74, 6) is 0.827. The molecule has 0 saturated heterocycles. The molecule has 0 spiro atoms. The zero-order valence-electron chi connectivity index (χ0n) is 14.3. The van der Waals surface area contributed by atoms with E-state index < -0.39 is 0 Å². The molecular weight excluding hydrogens is 292 g/mol. The molecule has 1 aliphatic rings. The predicted molar refractivity (Wildman–Crippen MR) is 90.6 cm³/mol. The van der Waals surface area contributed by atoms with Crippen molar-refractivity contribution in [1.82, 2.24) is 10.6 Å². The van der Waals surface area contributed by atoms with Crippen molar-refractivity contribution in [2.45, 2.75) is 52.7 Å². The summed E-state index contributed by atoms with van der Waals surface area (Å²) in [6.07, 6.45) is 3.04. The first-order valence-electron chi connectivity index (χ1n) is 8.37. The third-order valence-corrected chi connectivity index (χ3v) is 4.48. The van der Waals surface area contributed by atoms with Crippen LogP contribution in [0.4, 0.5) is 4.79 Å². The normalized spacial score (nSPS) is 16.5. The minimum absolute atomic E-state index is 0.0774. The van der Waals surface area contributed by atoms with Crippen LogP contribution in [0.1, 0.15) is 44.2 Å². The summed E-state index contributed by atoms with van der Waals surface area (Å²) in [6.45, 7) is 7.23. The molecule has 128 valence electrons. The smallest absolute Gasteiger partial charge is 0.315 e. The van der Waals surface area contributed by atoms with Crippen molar-refractivity contribution in [3.63, 3.8) is 0 Å². The van der Waals surface area contributed by atoms with Crippen molar-refractivity contribution in [3.8, 4) is 5.75 Å². The fraction of sp³-hybridized carbons (Fsp3) is 0.611. The highest BCUT2D eigenvalue weighted by atomic mass is 16.5. The molecule has 1 aromatic rings. The van der Waals surface area contributed by atoms with Crippen LogP contribution in [-0.2, 0) is 6.54 Å². The van der Waals surface area contributed by atoms with Crippen molar-refractivity contribution in [2.24, 2.45) is 5.41 Å². The Morgan fingerprint density at radius 3 is 2.74 bits per heavy atom. The van der Waals surface area contributed by atoms with Crippen LogP contribution < -0.4 is 15.4 Å². The van der Waals surface area contributed by atoms with E-state index in [0.717, 1.165) is 36.1 Å². The van der Waals surface area contributed by atoms with Crippen molar-refractivity contribution >= 4 is 6.03 Å². The third kappa shape index (κ3) is 5.13. The van der Waals surface area contributed by atoms with E-state index in [1.807, 2.05) is 32.0 Å². The number of aliphatic hydroxyl groups excluding tert-OH is 1. The fourth-order valence-electron chi connectivity index (χ4n) is 2.29. The molecule has 2 rings (SSSR count). The highest BCUT2D eigenvalue weighted by molar-refractivity contribution is 5.74. The van der Waals surface area contributed by atoms with Gasteiger partial charge in [-0.3, -0.25) is 0 Å². The van der Waals surface area contributed by atoms with Gasteiger partial charge in [-0.25, -0.2) is 4.79 Å². The van der Waals surface area contributed by atoms with Crippen molar-refractivity contribution in [2.75, 3.05) is 13.2 Å². The van der Waals surface area contributed by atoms with Crippen LogP contribution in [0.25, 0.3) is 0 Å². The zero-order valence-corrected chi connectivity index (χ0v) is 14.3. The number of aryl methyl sites for hydroxylation is 1. The number of nitrogens with one attached hydrogen (secondary N) is 2. The Bertz CT molecular complexity index is 541. The lowest BCUT2D eigenvalue weighted by Crippen LogP contribution is -2.39. The zero-order chi connectivity index (χ0) is 16.9. The van der Waals surface area contributed by atoms with Crippen LogP contribution in [0.3, 0.4) is 0 Å². The number of rotatable bonds is 8. The lowest BCUT2D eigenvalue weighted by atomic mass is 10.1. The molecule has 1 fully saturated rings. The maximum atomic E-state index is 11.9. The second-order valence-electron chi connectivity index (χ2n) is 6.64. The Balaban J connectivity index is 1.87. The van der Waals surface area contributed by atoms with Crippen LogP contribution >= 0.6 is 0 Å². The van der Waals surface area contributed by atoms with Crippen molar-refractivity contribution in [1.29, 1.82) is 0 Å². The summed E-state index contributed by atoms with van der Waals surface area (Å²) in [5, 5.41) is 15.0. The van der Waals surface area contributed by atoms with Crippen molar-refractivity contribution < 1.29 is 14.6 Å². The number of hydrogen-bond donors (Lipinski definition) is 3. The first kappa shape index (κ1) is 17.6. The lowest BCUT2D eigenvalue weighted by Gasteiger charge is -2.18. The lowest BCUT2D eigenvalue weighted by molar-refractivity contribution is 0.202. The topological polar surface area (TPSA) is 70.6 Å². The molecular formula is C18H28N2O3. The summed E-state index contributed by atoms with van der Waals surface area (Å²) in [5.41, 5.74) is 2.02. The van der Waals surface area contributed by atoms with Crippen LogP contribution in [-0.4, -0.2) is 30.4 Å². The predicted octanol–water partition coefficient (Wildman–Crippen LogP) is 2.74. The summed E-state index contributed by atoms with van der Waals surface area (Å²) in [4.78, 5) is 11.9. The molecule has 0 bridgehead atoms. The molecule has 3 N–H and O–H groups in total. The van der Waals surface area contributed by atoms with Gasteiger partial charge in [-0.15, -0.1) is 0 Å². The van der Waals surface area contributed by atoms with Crippen LogP contribution in [0.15, 0.2) is 18.2 Å². The average molecular weight is 320 g/mol. The number of aliphatic hydroxyl groups is 1. The Kier molecular flexibility index (Phi) is 5.88.